The van der Waals surface area contributed by atoms with Gasteiger partial charge in [-0.2, -0.15) is 5.10 Å². The molecule has 4 aromatic rings. The molecule has 3 aromatic heterocycles. The molecule has 0 unspecified atom stereocenters. The minimum atomic E-state index is 0.0359. The molecule has 1 amide bonds. The number of rotatable bonds is 5. The third-order valence-corrected chi connectivity index (χ3v) is 7.08. The first-order valence-electron chi connectivity index (χ1n) is 11.4. The van der Waals surface area contributed by atoms with Crippen LogP contribution in [0, 0.1) is 20.8 Å². The Hall–Kier alpha value is -3.26. The van der Waals surface area contributed by atoms with Crippen LogP contribution in [0.25, 0.3) is 16.7 Å². The van der Waals surface area contributed by atoms with Crippen molar-refractivity contribution in [1.29, 1.82) is 0 Å². The molecular formula is C25H28N6OS. The number of nitrogens with zero attached hydrogens (tertiary/aromatic N) is 4. The Bertz CT molecular complexity index is 1290. The van der Waals surface area contributed by atoms with Crippen molar-refractivity contribution < 1.29 is 4.79 Å². The van der Waals surface area contributed by atoms with Crippen LogP contribution in [0.2, 0.25) is 0 Å². The molecule has 2 N–H and O–H groups in total. The van der Waals surface area contributed by atoms with Crippen LogP contribution in [0.5, 0.6) is 0 Å². The Kier molecular flexibility index (Phi) is 5.85. The molecule has 33 heavy (non-hydrogen) atoms. The van der Waals surface area contributed by atoms with Crippen molar-refractivity contribution >= 4 is 34.1 Å². The molecule has 1 aliphatic carbocycles. The average molecular weight is 461 g/mol. The van der Waals surface area contributed by atoms with Gasteiger partial charge in [-0.3, -0.25) is 4.79 Å². The zero-order valence-electron chi connectivity index (χ0n) is 19.1. The number of carbonyl (C=O) groups is 1. The summed E-state index contributed by atoms with van der Waals surface area (Å²) in [6.45, 7) is 6.01. The van der Waals surface area contributed by atoms with E-state index in [1.807, 2.05) is 42.1 Å². The normalized spacial score (nSPS) is 18.4. The number of fused-ring (bicyclic) bond motifs is 1. The Balaban J connectivity index is 1.33. The summed E-state index contributed by atoms with van der Waals surface area (Å²) in [6.07, 6.45) is 3.85. The maximum Gasteiger partial charge on any atom is 0.261 e. The van der Waals surface area contributed by atoms with E-state index in [1.165, 1.54) is 16.9 Å². The standard InChI is InChI=1S/C25H28N6OS/c1-15-6-4-7-20(14-15)31-24-22(16(2)30-31)23(26-17(3)27-24)28-18-9-11-19(12-10-18)29-25(32)21-8-5-13-33-21/h4-8,13-14,18-19H,9-12H2,1-3H3,(H,29,32)(H,26,27,28). The molecule has 8 heteroatoms. The maximum absolute atomic E-state index is 12.4. The van der Waals surface area contributed by atoms with E-state index in [1.54, 1.807) is 0 Å². The number of benzene rings is 1. The average Bonchev–Trinajstić information content (AvgIpc) is 3.44. The highest BCUT2D eigenvalue weighted by Gasteiger charge is 2.25. The molecule has 0 atom stereocenters. The van der Waals surface area contributed by atoms with Gasteiger partial charge >= 0.3 is 0 Å². The molecule has 1 fully saturated rings. The van der Waals surface area contributed by atoms with E-state index >= 15 is 0 Å². The quantitative estimate of drug-likeness (QED) is 0.440. The van der Waals surface area contributed by atoms with Crippen LogP contribution < -0.4 is 10.6 Å². The number of carbonyl (C=O) groups excluding carboxylic acids is 1. The lowest BCUT2D eigenvalue weighted by Crippen LogP contribution is -2.40. The number of aryl methyl sites for hydroxylation is 3. The van der Waals surface area contributed by atoms with E-state index in [-0.39, 0.29) is 11.9 Å². The minimum Gasteiger partial charge on any atom is -0.367 e. The van der Waals surface area contributed by atoms with Crippen LogP contribution in [0.15, 0.2) is 41.8 Å². The van der Waals surface area contributed by atoms with Crippen molar-refractivity contribution in [2.24, 2.45) is 0 Å². The summed E-state index contributed by atoms with van der Waals surface area (Å²) in [5.74, 6) is 1.60. The zero-order valence-corrected chi connectivity index (χ0v) is 19.9. The molecule has 3 heterocycles. The summed E-state index contributed by atoms with van der Waals surface area (Å²) in [5, 5.41) is 14.5. The van der Waals surface area contributed by atoms with E-state index in [0.717, 1.165) is 64.6 Å². The number of anilines is 1. The van der Waals surface area contributed by atoms with Crippen molar-refractivity contribution in [1.82, 2.24) is 25.1 Å². The first kappa shape index (κ1) is 21.6. The van der Waals surface area contributed by atoms with E-state index < -0.39 is 0 Å². The molecule has 1 aliphatic rings. The summed E-state index contributed by atoms with van der Waals surface area (Å²) in [5.41, 5.74) is 3.91. The summed E-state index contributed by atoms with van der Waals surface area (Å²) in [4.78, 5) is 22.6. The van der Waals surface area contributed by atoms with Crippen molar-refractivity contribution in [2.45, 2.75) is 58.5 Å². The SMILES string of the molecule is Cc1cccc(-n2nc(C)c3c(NC4CCC(NC(=O)c5cccs5)CC4)nc(C)nc32)c1. The fraction of sp³-hybridized carbons (Fsp3) is 0.360. The van der Waals surface area contributed by atoms with Gasteiger partial charge in [0.2, 0.25) is 0 Å². The van der Waals surface area contributed by atoms with Crippen LogP contribution in [-0.2, 0) is 0 Å². The largest absolute Gasteiger partial charge is 0.367 e. The van der Waals surface area contributed by atoms with Crippen LogP contribution in [-0.4, -0.2) is 37.7 Å². The molecule has 0 spiro atoms. The molecule has 170 valence electrons. The van der Waals surface area contributed by atoms with E-state index in [4.69, 9.17) is 15.1 Å². The fourth-order valence-electron chi connectivity index (χ4n) is 4.58. The Morgan fingerprint density at radius 2 is 1.82 bits per heavy atom. The Morgan fingerprint density at radius 1 is 1.03 bits per heavy atom. The summed E-state index contributed by atoms with van der Waals surface area (Å²) in [6, 6.07) is 12.6. The van der Waals surface area contributed by atoms with Gasteiger partial charge in [-0.15, -0.1) is 11.3 Å². The lowest BCUT2D eigenvalue weighted by atomic mass is 9.91. The molecule has 0 aliphatic heterocycles. The lowest BCUT2D eigenvalue weighted by Gasteiger charge is -2.30. The predicted octanol–water partition coefficient (Wildman–Crippen LogP) is 4.96. The summed E-state index contributed by atoms with van der Waals surface area (Å²) in [7, 11) is 0. The van der Waals surface area contributed by atoms with Gasteiger partial charge < -0.3 is 10.6 Å². The molecule has 0 radical (unpaired) electrons. The van der Waals surface area contributed by atoms with Gasteiger partial charge in [-0.05, 0) is 75.6 Å². The number of hydrogen-bond acceptors (Lipinski definition) is 6. The second-order valence-corrected chi connectivity index (χ2v) is 9.75. The topological polar surface area (TPSA) is 84.7 Å². The first-order chi connectivity index (χ1) is 16.0. The Morgan fingerprint density at radius 3 is 2.55 bits per heavy atom. The van der Waals surface area contributed by atoms with Gasteiger partial charge in [0.15, 0.2) is 5.65 Å². The predicted molar refractivity (Wildman–Crippen MR) is 132 cm³/mol. The number of thiophene rings is 1. The highest BCUT2D eigenvalue weighted by Crippen LogP contribution is 2.29. The molecule has 0 saturated heterocycles. The number of hydrogen-bond donors (Lipinski definition) is 2. The fourth-order valence-corrected chi connectivity index (χ4v) is 5.20. The molecule has 7 nitrogen and oxygen atoms in total. The smallest absolute Gasteiger partial charge is 0.261 e. The van der Waals surface area contributed by atoms with Crippen molar-refractivity contribution in [3.63, 3.8) is 0 Å². The maximum atomic E-state index is 12.4. The highest BCUT2D eigenvalue weighted by molar-refractivity contribution is 7.12. The second-order valence-electron chi connectivity index (χ2n) is 8.80. The summed E-state index contributed by atoms with van der Waals surface area (Å²) >= 11 is 1.48. The molecule has 5 rings (SSSR count). The van der Waals surface area contributed by atoms with Crippen molar-refractivity contribution in [3.8, 4) is 5.69 Å². The third-order valence-electron chi connectivity index (χ3n) is 6.21. The van der Waals surface area contributed by atoms with Gasteiger partial charge in [0, 0.05) is 12.1 Å². The molecular weight excluding hydrogens is 432 g/mol. The minimum absolute atomic E-state index is 0.0359. The van der Waals surface area contributed by atoms with Gasteiger partial charge in [0.1, 0.15) is 11.6 Å². The van der Waals surface area contributed by atoms with Gasteiger partial charge in [-0.1, -0.05) is 18.2 Å². The highest BCUT2D eigenvalue weighted by atomic mass is 32.1. The van der Waals surface area contributed by atoms with Gasteiger partial charge in [-0.25, -0.2) is 14.6 Å². The lowest BCUT2D eigenvalue weighted by molar-refractivity contribution is 0.0930. The van der Waals surface area contributed by atoms with E-state index in [9.17, 15) is 4.79 Å². The van der Waals surface area contributed by atoms with Crippen LogP contribution >= 0.6 is 11.3 Å². The Labute approximate surface area is 197 Å². The second kappa shape index (κ2) is 8.94. The van der Waals surface area contributed by atoms with Crippen LogP contribution in [0.1, 0.15) is 52.4 Å². The number of amides is 1. The van der Waals surface area contributed by atoms with Crippen LogP contribution in [0.4, 0.5) is 5.82 Å². The summed E-state index contributed by atoms with van der Waals surface area (Å²) < 4.78 is 1.91. The zero-order chi connectivity index (χ0) is 22.9. The molecule has 1 aromatic carbocycles. The van der Waals surface area contributed by atoms with Crippen molar-refractivity contribution in [3.05, 3.63) is 63.7 Å². The third kappa shape index (κ3) is 4.48. The monoisotopic (exact) mass is 460 g/mol. The number of aromatic nitrogens is 4. The first-order valence-corrected chi connectivity index (χ1v) is 12.3. The number of nitrogens with one attached hydrogen (secondary N) is 2. The van der Waals surface area contributed by atoms with Crippen LogP contribution in [0.3, 0.4) is 0 Å². The van der Waals surface area contributed by atoms with E-state index in [2.05, 4.69) is 35.8 Å². The molecule has 1 saturated carbocycles. The van der Waals surface area contributed by atoms with Crippen molar-refractivity contribution in [2.75, 3.05) is 5.32 Å². The molecule has 0 bridgehead atoms. The van der Waals surface area contributed by atoms with E-state index in [0.29, 0.717) is 6.04 Å². The van der Waals surface area contributed by atoms with Gasteiger partial charge in [0.25, 0.3) is 5.91 Å². The van der Waals surface area contributed by atoms with Gasteiger partial charge in [0.05, 0.1) is 21.6 Å².